The van der Waals surface area contributed by atoms with E-state index in [4.69, 9.17) is 4.74 Å². The number of benzene rings is 1. The third kappa shape index (κ3) is 2.13. The molecule has 0 bridgehead atoms. The molecule has 0 spiro atoms. The second-order valence-corrected chi connectivity index (χ2v) is 5.51. The van der Waals surface area contributed by atoms with Gasteiger partial charge in [0.1, 0.15) is 17.4 Å². The van der Waals surface area contributed by atoms with E-state index in [-0.39, 0.29) is 5.78 Å². The van der Waals surface area contributed by atoms with E-state index in [1.165, 1.54) is 11.3 Å². The first-order valence-corrected chi connectivity index (χ1v) is 6.62. The number of nitrogens with zero attached hydrogens (tertiary/aromatic N) is 2. The Kier molecular flexibility index (Phi) is 2.83. The van der Waals surface area contributed by atoms with Crippen molar-refractivity contribution in [3.63, 3.8) is 0 Å². The summed E-state index contributed by atoms with van der Waals surface area (Å²) in [5.74, 6) is 1.02. The van der Waals surface area contributed by atoms with E-state index in [2.05, 4.69) is 10.2 Å². The molecule has 5 heteroatoms. The van der Waals surface area contributed by atoms with Gasteiger partial charge in [0.2, 0.25) is 0 Å². The second-order valence-electron chi connectivity index (χ2n) is 4.25. The third-order valence-electron chi connectivity index (χ3n) is 2.93. The summed E-state index contributed by atoms with van der Waals surface area (Å²) >= 11 is 1.53. The van der Waals surface area contributed by atoms with Crippen LogP contribution in [0.5, 0.6) is 5.75 Å². The summed E-state index contributed by atoms with van der Waals surface area (Å²) in [4.78, 5) is 11.5. The molecule has 0 saturated heterocycles. The van der Waals surface area contributed by atoms with Crippen molar-refractivity contribution in [3.8, 4) is 5.75 Å². The van der Waals surface area contributed by atoms with Crippen molar-refractivity contribution < 1.29 is 9.53 Å². The van der Waals surface area contributed by atoms with Gasteiger partial charge >= 0.3 is 0 Å². The lowest BCUT2D eigenvalue weighted by molar-refractivity contribution is 0.0994. The Bertz CT molecular complexity index is 607. The number of fused-ring (bicyclic) bond motifs is 1. The van der Waals surface area contributed by atoms with E-state index in [9.17, 15) is 4.79 Å². The molecule has 0 fully saturated rings. The van der Waals surface area contributed by atoms with E-state index in [1.807, 2.05) is 25.1 Å². The minimum Gasteiger partial charge on any atom is -0.486 e. The van der Waals surface area contributed by atoms with E-state index in [0.717, 1.165) is 33.3 Å². The van der Waals surface area contributed by atoms with Crippen LogP contribution in [0.25, 0.3) is 0 Å². The van der Waals surface area contributed by atoms with Gasteiger partial charge < -0.3 is 4.74 Å². The Morgan fingerprint density at radius 2 is 2.22 bits per heavy atom. The summed E-state index contributed by atoms with van der Waals surface area (Å²) < 4.78 is 5.66. The van der Waals surface area contributed by atoms with Crippen molar-refractivity contribution in [2.24, 2.45) is 0 Å². The fraction of sp³-hybridized carbons (Fsp3) is 0.308. The van der Waals surface area contributed by atoms with Crippen LogP contribution in [0.2, 0.25) is 0 Å². The smallest absolute Gasteiger partial charge is 0.163 e. The minimum absolute atomic E-state index is 0.233. The van der Waals surface area contributed by atoms with Gasteiger partial charge in [-0.1, -0.05) is 11.3 Å². The lowest BCUT2D eigenvalue weighted by Gasteiger charge is -2.05. The number of hydrogen-bond acceptors (Lipinski definition) is 5. The molecular weight excluding hydrogens is 248 g/mol. The highest BCUT2D eigenvalue weighted by Gasteiger charge is 2.19. The van der Waals surface area contributed by atoms with Crippen LogP contribution in [0.15, 0.2) is 18.2 Å². The highest BCUT2D eigenvalue weighted by Crippen LogP contribution is 2.26. The summed E-state index contributed by atoms with van der Waals surface area (Å²) in [6.07, 6.45) is 1.44. The molecule has 0 unspecified atom stereocenters. The van der Waals surface area contributed by atoms with Gasteiger partial charge in [0.15, 0.2) is 10.8 Å². The lowest BCUT2D eigenvalue weighted by Crippen LogP contribution is -1.96. The predicted octanol–water partition coefficient (Wildman–Crippen LogP) is 2.55. The van der Waals surface area contributed by atoms with Gasteiger partial charge in [0.25, 0.3) is 0 Å². The molecular formula is C13H12N2O2S. The zero-order chi connectivity index (χ0) is 12.5. The molecule has 92 valence electrons. The third-order valence-corrected chi connectivity index (χ3v) is 3.74. The van der Waals surface area contributed by atoms with Gasteiger partial charge in [0.05, 0.1) is 0 Å². The van der Waals surface area contributed by atoms with Crippen molar-refractivity contribution in [3.05, 3.63) is 39.3 Å². The van der Waals surface area contributed by atoms with Crippen LogP contribution in [0, 0.1) is 6.92 Å². The number of aryl methyl sites for hydroxylation is 2. The number of carbonyl (C=O) groups excluding carboxylic acids is 1. The Balaban J connectivity index is 1.72. The molecule has 1 aliphatic carbocycles. The Labute approximate surface area is 109 Å². The normalized spacial score (nSPS) is 13.7. The first kappa shape index (κ1) is 11.3. The van der Waals surface area contributed by atoms with Crippen molar-refractivity contribution >= 4 is 17.1 Å². The van der Waals surface area contributed by atoms with Gasteiger partial charge in [0, 0.05) is 12.0 Å². The molecule has 4 nitrogen and oxygen atoms in total. The molecule has 18 heavy (non-hydrogen) atoms. The van der Waals surface area contributed by atoms with E-state index in [0.29, 0.717) is 13.0 Å². The maximum atomic E-state index is 11.5. The van der Waals surface area contributed by atoms with Gasteiger partial charge in [-0.05, 0) is 37.1 Å². The van der Waals surface area contributed by atoms with Gasteiger partial charge in [-0.25, -0.2) is 0 Å². The number of hydrogen-bond donors (Lipinski definition) is 0. The zero-order valence-corrected chi connectivity index (χ0v) is 10.8. The van der Waals surface area contributed by atoms with Crippen LogP contribution in [0.3, 0.4) is 0 Å². The average Bonchev–Trinajstić information content (AvgIpc) is 2.94. The van der Waals surface area contributed by atoms with Crippen LogP contribution >= 0.6 is 11.3 Å². The van der Waals surface area contributed by atoms with Gasteiger partial charge in [-0.3, -0.25) is 4.79 Å². The van der Waals surface area contributed by atoms with Crippen molar-refractivity contribution in [1.29, 1.82) is 0 Å². The van der Waals surface area contributed by atoms with E-state index >= 15 is 0 Å². The number of ether oxygens (including phenoxy) is 1. The van der Waals surface area contributed by atoms with Crippen LogP contribution in [-0.4, -0.2) is 16.0 Å². The van der Waals surface area contributed by atoms with E-state index < -0.39 is 0 Å². The quantitative estimate of drug-likeness (QED) is 0.851. The molecule has 1 aromatic carbocycles. The van der Waals surface area contributed by atoms with Crippen molar-refractivity contribution in [2.45, 2.75) is 26.4 Å². The topological polar surface area (TPSA) is 52.1 Å². The lowest BCUT2D eigenvalue weighted by atomic mass is 10.1. The summed E-state index contributed by atoms with van der Waals surface area (Å²) in [5.41, 5.74) is 1.93. The number of carbonyl (C=O) groups is 1. The van der Waals surface area contributed by atoms with Crippen molar-refractivity contribution in [1.82, 2.24) is 10.2 Å². The van der Waals surface area contributed by atoms with Crippen molar-refractivity contribution in [2.75, 3.05) is 0 Å². The number of rotatable bonds is 3. The molecule has 0 saturated carbocycles. The molecule has 1 aliphatic rings. The van der Waals surface area contributed by atoms with Crippen LogP contribution < -0.4 is 4.74 Å². The highest BCUT2D eigenvalue weighted by atomic mass is 32.1. The predicted molar refractivity (Wildman–Crippen MR) is 68.1 cm³/mol. The maximum Gasteiger partial charge on any atom is 0.163 e. The Morgan fingerprint density at radius 1 is 1.33 bits per heavy atom. The highest BCUT2D eigenvalue weighted by molar-refractivity contribution is 7.11. The molecule has 0 N–H and O–H groups in total. The maximum absolute atomic E-state index is 11.5. The minimum atomic E-state index is 0.233. The molecule has 0 atom stereocenters. The fourth-order valence-corrected chi connectivity index (χ4v) is 2.68. The van der Waals surface area contributed by atoms with Crippen LogP contribution in [0.4, 0.5) is 0 Å². The zero-order valence-electron chi connectivity index (χ0n) is 9.97. The first-order valence-electron chi connectivity index (χ1n) is 5.80. The SMILES string of the molecule is Cc1nnc(COc2ccc3c(c2)CCC3=O)s1. The summed E-state index contributed by atoms with van der Waals surface area (Å²) in [6, 6.07) is 5.65. The monoisotopic (exact) mass is 260 g/mol. The number of ketones is 1. The molecule has 1 aromatic heterocycles. The standard InChI is InChI=1S/C13H12N2O2S/c1-8-14-15-13(18-8)7-17-10-3-4-11-9(6-10)2-5-12(11)16/h3-4,6H,2,5,7H2,1H3. The van der Waals surface area contributed by atoms with E-state index in [1.54, 1.807) is 0 Å². The van der Waals surface area contributed by atoms with Crippen LogP contribution in [0.1, 0.15) is 32.4 Å². The largest absolute Gasteiger partial charge is 0.486 e. The molecule has 1 heterocycles. The molecule has 0 radical (unpaired) electrons. The summed E-state index contributed by atoms with van der Waals surface area (Å²) in [7, 11) is 0. The number of aromatic nitrogens is 2. The summed E-state index contributed by atoms with van der Waals surface area (Å²) in [5, 5.41) is 9.75. The summed E-state index contributed by atoms with van der Waals surface area (Å²) in [6.45, 7) is 2.35. The Hall–Kier alpha value is -1.75. The number of Topliss-reactive ketones (excluding diaryl/α,β-unsaturated/α-hetero) is 1. The average molecular weight is 260 g/mol. The van der Waals surface area contributed by atoms with Gasteiger partial charge in [-0.2, -0.15) is 0 Å². The molecule has 0 aliphatic heterocycles. The second kappa shape index (κ2) is 4.49. The Morgan fingerprint density at radius 3 is 3.00 bits per heavy atom. The van der Waals surface area contributed by atoms with Crippen LogP contribution in [-0.2, 0) is 13.0 Å². The van der Waals surface area contributed by atoms with Gasteiger partial charge in [-0.15, -0.1) is 10.2 Å². The fourth-order valence-electron chi connectivity index (χ4n) is 2.06. The molecule has 3 rings (SSSR count). The molecule has 2 aromatic rings. The first-order chi connectivity index (χ1) is 8.72. The molecule has 0 amide bonds.